The Balaban J connectivity index is 1.66. The van der Waals surface area contributed by atoms with E-state index in [2.05, 4.69) is 0 Å². The molecule has 0 aliphatic carbocycles. The summed E-state index contributed by atoms with van der Waals surface area (Å²) in [5.41, 5.74) is 9.96. The number of rotatable bonds is 5. The Labute approximate surface area is 183 Å². The van der Waals surface area contributed by atoms with Crippen LogP contribution in [-0.2, 0) is 17.8 Å². The maximum absolute atomic E-state index is 14.7. The van der Waals surface area contributed by atoms with Crippen molar-refractivity contribution in [1.82, 2.24) is 0 Å². The van der Waals surface area contributed by atoms with E-state index in [0.717, 1.165) is 16.7 Å². The van der Waals surface area contributed by atoms with Crippen LogP contribution in [0, 0.1) is 12.7 Å². The summed E-state index contributed by atoms with van der Waals surface area (Å²) >= 11 is 1.22. The lowest BCUT2D eigenvalue weighted by molar-refractivity contribution is -0.118. The quantitative estimate of drug-likeness (QED) is 0.568. The molecule has 4 rings (SSSR count). The van der Waals surface area contributed by atoms with Crippen molar-refractivity contribution in [3.63, 3.8) is 0 Å². The molecule has 1 heterocycles. The Morgan fingerprint density at radius 1 is 1.16 bits per heavy atom. The smallest absolute Gasteiger partial charge is 0.335 e. The molecule has 3 N–H and O–H groups in total. The predicted molar refractivity (Wildman–Crippen MR) is 120 cm³/mol. The van der Waals surface area contributed by atoms with Gasteiger partial charge in [0.05, 0.1) is 27.9 Å². The van der Waals surface area contributed by atoms with Gasteiger partial charge in [0.15, 0.2) is 0 Å². The number of nitrogens with zero attached hydrogens (tertiary/aromatic N) is 1. The molecular formula is C24H21FN2O3S. The van der Waals surface area contributed by atoms with Crippen LogP contribution in [0.3, 0.4) is 0 Å². The standard InChI is InChI=1S/C24H21FN2O3S/c1-14-11-18(26)10-9-17(14)13-27-20-4-2-3-19(25)22(20)31-21(23(27)28)12-15-5-7-16(8-6-15)24(29)30/h2-11,21H,12-13,26H2,1H3,(H,29,30)/t21-/m1/s1. The average Bonchev–Trinajstić information content (AvgIpc) is 2.73. The molecule has 0 bridgehead atoms. The Kier molecular flexibility index (Phi) is 5.69. The number of benzene rings is 3. The van der Waals surface area contributed by atoms with Crippen LogP contribution >= 0.6 is 11.8 Å². The van der Waals surface area contributed by atoms with Gasteiger partial charge in [-0.25, -0.2) is 9.18 Å². The zero-order chi connectivity index (χ0) is 22.1. The molecule has 0 spiro atoms. The van der Waals surface area contributed by atoms with E-state index in [9.17, 15) is 14.0 Å². The summed E-state index contributed by atoms with van der Waals surface area (Å²) in [6.07, 6.45) is 0.369. The van der Waals surface area contributed by atoms with E-state index in [0.29, 0.717) is 29.2 Å². The van der Waals surface area contributed by atoms with E-state index < -0.39 is 11.2 Å². The van der Waals surface area contributed by atoms with Crippen molar-refractivity contribution < 1.29 is 19.1 Å². The minimum absolute atomic E-state index is 0.110. The van der Waals surface area contributed by atoms with E-state index >= 15 is 0 Å². The molecule has 1 aliphatic heterocycles. The minimum Gasteiger partial charge on any atom is -0.478 e. The molecule has 0 saturated carbocycles. The van der Waals surface area contributed by atoms with Crippen molar-refractivity contribution in [2.45, 2.75) is 30.0 Å². The van der Waals surface area contributed by atoms with Crippen LogP contribution in [0.25, 0.3) is 0 Å². The van der Waals surface area contributed by atoms with Crippen LogP contribution < -0.4 is 10.6 Å². The number of halogens is 1. The molecule has 1 amide bonds. The summed E-state index contributed by atoms with van der Waals surface area (Å²) in [7, 11) is 0. The molecule has 5 nitrogen and oxygen atoms in total. The van der Waals surface area contributed by atoms with Gasteiger partial charge >= 0.3 is 5.97 Å². The van der Waals surface area contributed by atoms with Crippen LogP contribution in [0.15, 0.2) is 65.6 Å². The summed E-state index contributed by atoms with van der Waals surface area (Å²) in [6.45, 7) is 2.25. The maximum atomic E-state index is 14.7. The number of amides is 1. The van der Waals surface area contributed by atoms with Crippen molar-refractivity contribution >= 4 is 35.0 Å². The highest BCUT2D eigenvalue weighted by molar-refractivity contribution is 8.01. The van der Waals surface area contributed by atoms with Gasteiger partial charge in [0.25, 0.3) is 0 Å². The Bertz CT molecular complexity index is 1160. The summed E-state index contributed by atoms with van der Waals surface area (Å²) < 4.78 is 14.7. The van der Waals surface area contributed by atoms with Crippen molar-refractivity contribution in [2.24, 2.45) is 0 Å². The highest BCUT2D eigenvalue weighted by Crippen LogP contribution is 2.42. The Hall–Kier alpha value is -3.32. The van der Waals surface area contributed by atoms with Crippen LogP contribution in [0.1, 0.15) is 27.0 Å². The zero-order valence-electron chi connectivity index (χ0n) is 16.8. The number of carbonyl (C=O) groups is 2. The second kappa shape index (κ2) is 8.43. The third-order valence-electron chi connectivity index (χ3n) is 5.36. The van der Waals surface area contributed by atoms with Crippen molar-refractivity contribution in [2.75, 3.05) is 10.6 Å². The van der Waals surface area contributed by atoms with Crippen LogP contribution in [0.2, 0.25) is 0 Å². The Morgan fingerprint density at radius 2 is 1.90 bits per heavy atom. The van der Waals surface area contributed by atoms with Crippen LogP contribution in [0.4, 0.5) is 15.8 Å². The first-order valence-electron chi connectivity index (χ1n) is 9.77. The topological polar surface area (TPSA) is 83.6 Å². The van der Waals surface area contributed by atoms with E-state index in [1.54, 1.807) is 35.2 Å². The Morgan fingerprint density at radius 3 is 2.58 bits per heavy atom. The van der Waals surface area contributed by atoms with E-state index in [-0.39, 0.29) is 17.3 Å². The normalized spacial score (nSPS) is 15.6. The molecule has 0 radical (unpaired) electrons. The lowest BCUT2D eigenvalue weighted by Gasteiger charge is -2.34. The zero-order valence-corrected chi connectivity index (χ0v) is 17.7. The number of nitrogen functional groups attached to an aromatic ring is 1. The molecule has 0 aromatic heterocycles. The van der Waals surface area contributed by atoms with Crippen molar-refractivity contribution in [3.05, 3.63) is 88.7 Å². The van der Waals surface area contributed by atoms with Gasteiger partial charge < -0.3 is 15.7 Å². The van der Waals surface area contributed by atoms with Crippen molar-refractivity contribution in [3.8, 4) is 0 Å². The number of hydrogen-bond acceptors (Lipinski definition) is 4. The van der Waals surface area contributed by atoms with Gasteiger partial charge in [-0.3, -0.25) is 4.79 Å². The van der Waals surface area contributed by atoms with Gasteiger partial charge in [0.2, 0.25) is 5.91 Å². The third-order valence-corrected chi connectivity index (χ3v) is 6.65. The number of aromatic carboxylic acids is 1. The monoisotopic (exact) mass is 436 g/mol. The summed E-state index contributed by atoms with van der Waals surface area (Å²) in [5, 5.41) is 8.56. The molecule has 3 aromatic carbocycles. The highest BCUT2D eigenvalue weighted by atomic mass is 32.2. The molecule has 31 heavy (non-hydrogen) atoms. The van der Waals surface area contributed by atoms with Gasteiger partial charge in [-0.05, 0) is 66.4 Å². The van der Waals surface area contributed by atoms with Gasteiger partial charge in [-0.1, -0.05) is 24.3 Å². The maximum Gasteiger partial charge on any atom is 0.335 e. The van der Waals surface area contributed by atoms with Gasteiger partial charge in [-0.2, -0.15) is 0 Å². The molecular weight excluding hydrogens is 415 g/mol. The molecule has 158 valence electrons. The summed E-state index contributed by atoms with van der Waals surface area (Å²) in [6, 6.07) is 16.7. The number of carboxylic acids is 1. The fraction of sp³-hybridized carbons (Fsp3) is 0.167. The lowest BCUT2D eigenvalue weighted by Crippen LogP contribution is -2.41. The first-order valence-corrected chi connectivity index (χ1v) is 10.6. The fourth-order valence-corrected chi connectivity index (χ4v) is 4.94. The average molecular weight is 437 g/mol. The van der Waals surface area contributed by atoms with Crippen molar-refractivity contribution in [1.29, 1.82) is 0 Å². The predicted octanol–water partition coefficient (Wildman–Crippen LogP) is 4.66. The van der Waals surface area contributed by atoms with E-state index in [1.165, 1.54) is 30.0 Å². The third kappa shape index (κ3) is 4.27. The van der Waals surface area contributed by atoms with Crippen LogP contribution in [0.5, 0.6) is 0 Å². The van der Waals surface area contributed by atoms with E-state index in [4.69, 9.17) is 10.8 Å². The number of aryl methyl sites for hydroxylation is 1. The number of carboxylic acid groups (broad SMARTS) is 1. The second-order valence-corrected chi connectivity index (χ2v) is 8.72. The van der Waals surface area contributed by atoms with Gasteiger partial charge in [-0.15, -0.1) is 11.8 Å². The van der Waals surface area contributed by atoms with Crippen LogP contribution in [-0.4, -0.2) is 22.2 Å². The number of anilines is 2. The number of thioether (sulfide) groups is 1. The first-order chi connectivity index (χ1) is 14.8. The molecule has 7 heteroatoms. The van der Waals surface area contributed by atoms with E-state index in [1.807, 2.05) is 19.1 Å². The number of nitrogens with two attached hydrogens (primary N) is 1. The summed E-state index contributed by atoms with van der Waals surface area (Å²) in [4.78, 5) is 26.6. The summed E-state index contributed by atoms with van der Waals surface area (Å²) in [5.74, 6) is -1.47. The minimum atomic E-state index is -1.00. The molecule has 0 saturated heterocycles. The lowest BCUT2D eigenvalue weighted by atomic mass is 10.0. The molecule has 1 aliphatic rings. The SMILES string of the molecule is Cc1cc(N)ccc1CN1C(=O)[C@@H](Cc2ccc(C(=O)O)cc2)Sc2c(F)cccc21. The fourth-order valence-electron chi connectivity index (χ4n) is 3.67. The van der Waals surface area contributed by atoms with Gasteiger partial charge in [0.1, 0.15) is 5.82 Å². The highest BCUT2D eigenvalue weighted by Gasteiger charge is 2.35. The molecule has 3 aromatic rings. The number of carbonyl (C=O) groups excluding carboxylic acids is 1. The number of hydrogen-bond donors (Lipinski definition) is 2. The first kappa shape index (κ1) is 20.9. The second-order valence-electron chi connectivity index (χ2n) is 7.51. The largest absolute Gasteiger partial charge is 0.478 e. The number of fused-ring (bicyclic) bond motifs is 1. The molecule has 1 atom stereocenters. The molecule has 0 fully saturated rings. The van der Waals surface area contributed by atoms with Gasteiger partial charge in [0, 0.05) is 5.69 Å². The molecule has 0 unspecified atom stereocenters.